The van der Waals surface area contributed by atoms with Gasteiger partial charge in [0, 0.05) is 31.6 Å². The molecule has 1 saturated heterocycles. The average molecular weight is 367 g/mol. The molecule has 1 aromatic carbocycles. The highest BCUT2D eigenvalue weighted by Crippen LogP contribution is 2.43. The van der Waals surface area contributed by atoms with Crippen molar-refractivity contribution in [3.8, 4) is 0 Å². The number of nitrogens with one attached hydrogen (secondary N) is 1. The van der Waals surface area contributed by atoms with E-state index in [9.17, 15) is 9.59 Å². The van der Waals surface area contributed by atoms with Crippen LogP contribution in [0.3, 0.4) is 0 Å². The van der Waals surface area contributed by atoms with Crippen LogP contribution in [0.15, 0.2) is 36.7 Å². The van der Waals surface area contributed by atoms with E-state index in [1.165, 1.54) is 16.6 Å². The van der Waals surface area contributed by atoms with Gasteiger partial charge in [0.2, 0.25) is 11.7 Å². The van der Waals surface area contributed by atoms with Gasteiger partial charge < -0.3 is 10.2 Å². The van der Waals surface area contributed by atoms with Crippen molar-refractivity contribution in [2.24, 2.45) is 7.05 Å². The van der Waals surface area contributed by atoms with Crippen LogP contribution in [-0.4, -0.2) is 43.1 Å². The second-order valence-corrected chi connectivity index (χ2v) is 7.68. The summed E-state index contributed by atoms with van der Waals surface area (Å²) in [7, 11) is 1.74. The summed E-state index contributed by atoms with van der Waals surface area (Å²) in [5.74, 6) is 0.235. The summed E-state index contributed by atoms with van der Waals surface area (Å²) in [5, 5.41) is 7.11. The number of aromatic nitrogens is 3. The fourth-order valence-corrected chi connectivity index (χ4v) is 4.41. The minimum absolute atomic E-state index is 0.0581. The summed E-state index contributed by atoms with van der Waals surface area (Å²) < 4.78 is 1.52. The Hall–Kier alpha value is -2.70. The molecule has 0 bridgehead atoms. The molecule has 1 N–H and O–H groups in total. The number of hydrogen-bond donors (Lipinski definition) is 1. The zero-order chi connectivity index (χ0) is 18.9. The molecule has 2 fully saturated rings. The number of benzene rings is 1. The van der Waals surface area contributed by atoms with Gasteiger partial charge in [-0.15, -0.1) is 5.10 Å². The van der Waals surface area contributed by atoms with E-state index in [0.29, 0.717) is 13.0 Å². The zero-order valence-electron chi connectivity index (χ0n) is 15.6. The Balaban J connectivity index is 1.39. The number of likely N-dealkylation sites (tertiary alicyclic amines) is 1. The van der Waals surface area contributed by atoms with Gasteiger partial charge in [-0.05, 0) is 37.7 Å². The summed E-state index contributed by atoms with van der Waals surface area (Å²) in [4.78, 5) is 30.9. The van der Waals surface area contributed by atoms with E-state index in [-0.39, 0.29) is 29.2 Å². The highest BCUT2D eigenvalue weighted by molar-refractivity contribution is 5.90. The van der Waals surface area contributed by atoms with Crippen LogP contribution in [0.4, 0.5) is 0 Å². The summed E-state index contributed by atoms with van der Waals surface area (Å²) in [6.07, 6.45) is 6.66. The van der Waals surface area contributed by atoms with Crippen LogP contribution in [0.25, 0.3) is 0 Å². The van der Waals surface area contributed by atoms with Gasteiger partial charge in [-0.3, -0.25) is 14.3 Å². The van der Waals surface area contributed by atoms with Crippen molar-refractivity contribution >= 4 is 11.8 Å². The largest absolute Gasteiger partial charge is 0.347 e. The molecule has 1 aromatic heterocycles. The van der Waals surface area contributed by atoms with E-state index in [1.54, 1.807) is 7.05 Å². The Morgan fingerprint density at radius 2 is 1.96 bits per heavy atom. The first-order valence-corrected chi connectivity index (χ1v) is 9.57. The Labute approximate surface area is 158 Å². The van der Waals surface area contributed by atoms with E-state index in [1.807, 2.05) is 18.2 Å². The number of hydrogen-bond acceptors (Lipinski definition) is 4. The first-order chi connectivity index (χ1) is 13.1. The molecule has 7 heteroatoms. The van der Waals surface area contributed by atoms with Crippen molar-refractivity contribution in [2.75, 3.05) is 0 Å². The lowest BCUT2D eigenvalue weighted by Gasteiger charge is -2.44. The third-order valence-electron chi connectivity index (χ3n) is 5.92. The van der Waals surface area contributed by atoms with Crippen LogP contribution in [-0.2, 0) is 18.4 Å². The van der Waals surface area contributed by atoms with Gasteiger partial charge in [0.15, 0.2) is 0 Å². The van der Waals surface area contributed by atoms with E-state index in [4.69, 9.17) is 0 Å². The van der Waals surface area contributed by atoms with Crippen LogP contribution in [0.1, 0.15) is 54.7 Å². The van der Waals surface area contributed by atoms with Gasteiger partial charge in [-0.2, -0.15) is 0 Å². The molecule has 2 aromatic rings. The first-order valence-electron chi connectivity index (χ1n) is 9.57. The average Bonchev–Trinajstić information content (AvgIpc) is 3.24. The summed E-state index contributed by atoms with van der Waals surface area (Å²) >= 11 is 0. The fraction of sp³-hybridized carbons (Fsp3) is 0.500. The standard InChI is InChI=1S/C20H25N5O2/c1-24-14-21-18(23-24)19(27)22-16-7-10-20(11-8-16)12-9-17(26)25(20)13-15-5-3-2-4-6-15/h2-6,14,16H,7-13H2,1H3,(H,22,27). The topological polar surface area (TPSA) is 80.1 Å². The smallest absolute Gasteiger partial charge is 0.291 e. The van der Waals surface area contributed by atoms with Gasteiger partial charge in [-0.25, -0.2) is 4.98 Å². The predicted molar refractivity (Wildman–Crippen MR) is 99.7 cm³/mol. The van der Waals surface area contributed by atoms with Crippen LogP contribution in [0.5, 0.6) is 0 Å². The maximum Gasteiger partial charge on any atom is 0.291 e. The third-order valence-corrected chi connectivity index (χ3v) is 5.92. The molecule has 4 rings (SSSR count). The molecule has 2 amide bonds. The van der Waals surface area contributed by atoms with E-state index in [0.717, 1.165) is 32.1 Å². The predicted octanol–water partition coefficient (Wildman–Crippen LogP) is 2.05. The Morgan fingerprint density at radius 1 is 1.22 bits per heavy atom. The molecular weight excluding hydrogens is 342 g/mol. The molecule has 0 radical (unpaired) electrons. The minimum atomic E-state index is -0.222. The van der Waals surface area contributed by atoms with E-state index < -0.39 is 0 Å². The maximum absolute atomic E-state index is 12.5. The van der Waals surface area contributed by atoms with Crippen molar-refractivity contribution < 1.29 is 9.59 Å². The lowest BCUT2D eigenvalue weighted by Crippen LogP contribution is -2.51. The molecule has 7 nitrogen and oxygen atoms in total. The maximum atomic E-state index is 12.5. The van der Waals surface area contributed by atoms with Crippen LogP contribution < -0.4 is 5.32 Å². The molecular formula is C20H25N5O2. The molecule has 1 saturated carbocycles. The number of nitrogens with zero attached hydrogens (tertiary/aromatic N) is 4. The monoisotopic (exact) mass is 367 g/mol. The summed E-state index contributed by atoms with van der Waals surface area (Å²) in [5.41, 5.74) is 1.11. The van der Waals surface area contributed by atoms with Gasteiger partial charge in [-0.1, -0.05) is 30.3 Å². The molecule has 27 heavy (non-hydrogen) atoms. The Morgan fingerprint density at radius 3 is 2.63 bits per heavy atom. The normalized spacial score (nSPS) is 25.1. The van der Waals surface area contributed by atoms with Crippen LogP contribution in [0.2, 0.25) is 0 Å². The zero-order valence-corrected chi connectivity index (χ0v) is 15.6. The van der Waals surface area contributed by atoms with Crippen molar-refractivity contribution in [3.63, 3.8) is 0 Å². The quantitative estimate of drug-likeness (QED) is 0.897. The SMILES string of the molecule is Cn1cnc(C(=O)NC2CCC3(CCC(=O)N3Cc3ccccc3)CC2)n1. The molecule has 0 unspecified atom stereocenters. The molecule has 2 heterocycles. The molecule has 0 atom stereocenters. The summed E-state index contributed by atoms with van der Waals surface area (Å²) in [6, 6.07) is 10.3. The van der Waals surface area contributed by atoms with E-state index >= 15 is 0 Å². The van der Waals surface area contributed by atoms with Crippen LogP contribution >= 0.6 is 0 Å². The fourth-order valence-electron chi connectivity index (χ4n) is 4.41. The van der Waals surface area contributed by atoms with Crippen molar-refractivity contribution in [1.82, 2.24) is 25.0 Å². The van der Waals surface area contributed by atoms with Crippen molar-refractivity contribution in [1.29, 1.82) is 0 Å². The van der Waals surface area contributed by atoms with Crippen LogP contribution in [0, 0.1) is 0 Å². The van der Waals surface area contributed by atoms with Gasteiger partial charge in [0.25, 0.3) is 5.91 Å². The van der Waals surface area contributed by atoms with Crippen molar-refractivity contribution in [2.45, 2.75) is 56.7 Å². The number of aryl methyl sites for hydroxylation is 1. The van der Waals surface area contributed by atoms with Gasteiger partial charge in [0.05, 0.1) is 0 Å². The van der Waals surface area contributed by atoms with Gasteiger partial charge >= 0.3 is 0 Å². The second kappa shape index (κ2) is 7.13. The third kappa shape index (κ3) is 3.59. The number of carbonyl (C=O) groups is 2. The Bertz CT molecular complexity index is 824. The number of rotatable bonds is 4. The van der Waals surface area contributed by atoms with E-state index in [2.05, 4.69) is 32.4 Å². The minimum Gasteiger partial charge on any atom is -0.347 e. The second-order valence-electron chi connectivity index (χ2n) is 7.68. The highest BCUT2D eigenvalue weighted by Gasteiger charge is 2.47. The molecule has 1 spiro atoms. The lowest BCUT2D eigenvalue weighted by atomic mass is 9.77. The van der Waals surface area contributed by atoms with Gasteiger partial charge in [0.1, 0.15) is 6.33 Å². The molecule has 2 aliphatic rings. The van der Waals surface area contributed by atoms with Crippen molar-refractivity contribution in [3.05, 3.63) is 48.0 Å². The first kappa shape index (κ1) is 17.7. The molecule has 142 valence electrons. The summed E-state index contributed by atoms with van der Waals surface area (Å²) in [6.45, 7) is 0.675. The Kier molecular flexibility index (Phi) is 4.68. The number of carbonyl (C=O) groups excluding carboxylic acids is 2. The molecule has 1 aliphatic heterocycles. The number of amides is 2. The molecule has 1 aliphatic carbocycles. The lowest BCUT2D eigenvalue weighted by molar-refractivity contribution is -0.133. The highest BCUT2D eigenvalue weighted by atomic mass is 16.2.